The van der Waals surface area contributed by atoms with E-state index in [0.717, 1.165) is 6.26 Å². The van der Waals surface area contributed by atoms with Crippen molar-refractivity contribution < 1.29 is 26.5 Å². The van der Waals surface area contributed by atoms with Gasteiger partial charge < -0.3 is 13.8 Å². The van der Waals surface area contributed by atoms with Gasteiger partial charge in [-0.2, -0.15) is 8.42 Å². The lowest BCUT2D eigenvalue weighted by atomic mass is 10.1. The minimum atomic E-state index is -3.75. The van der Waals surface area contributed by atoms with Gasteiger partial charge in [-0.25, -0.2) is 4.39 Å². The maximum Gasteiger partial charge on any atom is 0.306 e. The first-order chi connectivity index (χ1) is 13.1. The minimum absolute atomic E-state index is 0.00993. The van der Waals surface area contributed by atoms with Crippen molar-refractivity contribution in [1.29, 1.82) is 0 Å². The number of hydrogen-bond acceptors (Lipinski definition) is 5. The van der Waals surface area contributed by atoms with E-state index in [1.54, 1.807) is 18.2 Å². The fourth-order valence-corrected chi connectivity index (χ4v) is 3.19. The van der Waals surface area contributed by atoms with Crippen molar-refractivity contribution in [2.75, 3.05) is 19.9 Å². The van der Waals surface area contributed by atoms with Gasteiger partial charge in [-0.1, -0.05) is 32.0 Å². The zero-order valence-corrected chi connectivity index (χ0v) is 17.1. The van der Waals surface area contributed by atoms with Crippen LogP contribution in [-0.2, 0) is 16.7 Å². The predicted molar refractivity (Wildman–Crippen MR) is 104 cm³/mol. The Bertz CT molecular complexity index is 943. The molecule has 2 rings (SSSR count). The fraction of sp³-hybridized carbons (Fsp3) is 0.350. The molecule has 0 saturated heterocycles. The molecule has 0 unspecified atom stereocenters. The molecule has 0 heterocycles. The van der Waals surface area contributed by atoms with Gasteiger partial charge >= 0.3 is 10.1 Å². The highest BCUT2D eigenvalue weighted by Crippen LogP contribution is 2.30. The molecule has 6 nitrogen and oxygen atoms in total. The topological polar surface area (TPSA) is 72.9 Å². The van der Waals surface area contributed by atoms with Gasteiger partial charge in [0.15, 0.2) is 11.5 Å². The molecule has 0 N–H and O–H groups in total. The summed E-state index contributed by atoms with van der Waals surface area (Å²) >= 11 is 0. The highest BCUT2D eigenvalue weighted by atomic mass is 32.2. The van der Waals surface area contributed by atoms with Gasteiger partial charge in [0.05, 0.1) is 18.9 Å². The highest BCUT2D eigenvalue weighted by molar-refractivity contribution is 7.86. The number of nitrogens with zero attached hydrogens (tertiary/aromatic N) is 1. The van der Waals surface area contributed by atoms with Gasteiger partial charge in [0.2, 0.25) is 0 Å². The van der Waals surface area contributed by atoms with Crippen LogP contribution >= 0.6 is 0 Å². The lowest BCUT2D eigenvalue weighted by molar-refractivity contribution is 0.0717. The Morgan fingerprint density at radius 1 is 1.14 bits per heavy atom. The number of rotatable bonds is 8. The van der Waals surface area contributed by atoms with Gasteiger partial charge in [-0.05, 0) is 35.7 Å². The van der Waals surface area contributed by atoms with Crippen LogP contribution in [0.1, 0.15) is 29.8 Å². The molecule has 1 amide bonds. The quantitative estimate of drug-likeness (QED) is 0.624. The summed E-state index contributed by atoms with van der Waals surface area (Å²) in [5, 5.41) is 0. The number of amides is 1. The van der Waals surface area contributed by atoms with Crippen LogP contribution in [0.5, 0.6) is 11.5 Å². The molecule has 0 aliphatic rings. The van der Waals surface area contributed by atoms with Gasteiger partial charge in [0.1, 0.15) is 5.82 Å². The first-order valence-electron chi connectivity index (χ1n) is 8.71. The van der Waals surface area contributed by atoms with E-state index in [-0.39, 0.29) is 29.5 Å². The molecule has 8 heteroatoms. The average Bonchev–Trinajstić information content (AvgIpc) is 2.59. The summed E-state index contributed by atoms with van der Waals surface area (Å²) in [6, 6.07) is 10.6. The molecule has 0 aromatic heterocycles. The summed E-state index contributed by atoms with van der Waals surface area (Å²) in [6.45, 7) is 4.47. The lowest BCUT2D eigenvalue weighted by Crippen LogP contribution is -2.34. The number of halogens is 1. The second kappa shape index (κ2) is 9.05. The molecule has 0 aliphatic heterocycles. The molecule has 0 bridgehead atoms. The van der Waals surface area contributed by atoms with E-state index >= 15 is 0 Å². The molecule has 0 saturated carbocycles. The predicted octanol–water partition coefficient (Wildman–Crippen LogP) is 3.47. The summed E-state index contributed by atoms with van der Waals surface area (Å²) in [4.78, 5) is 14.4. The van der Waals surface area contributed by atoms with Crippen molar-refractivity contribution in [3.8, 4) is 11.5 Å². The second-order valence-corrected chi connectivity index (χ2v) is 8.41. The lowest BCUT2D eigenvalue weighted by Gasteiger charge is -2.25. The Hall–Kier alpha value is -2.61. The molecule has 28 heavy (non-hydrogen) atoms. The summed E-state index contributed by atoms with van der Waals surface area (Å²) < 4.78 is 47.2. The van der Waals surface area contributed by atoms with Crippen LogP contribution in [-0.4, -0.2) is 39.1 Å². The summed E-state index contributed by atoms with van der Waals surface area (Å²) in [6.07, 6.45) is 0.936. The smallest absolute Gasteiger partial charge is 0.306 e. The zero-order chi connectivity index (χ0) is 20.9. The van der Waals surface area contributed by atoms with E-state index in [9.17, 15) is 17.6 Å². The van der Waals surface area contributed by atoms with E-state index < -0.39 is 21.8 Å². The van der Waals surface area contributed by atoms with Crippen LogP contribution in [0.2, 0.25) is 0 Å². The monoisotopic (exact) mass is 409 g/mol. The van der Waals surface area contributed by atoms with Crippen molar-refractivity contribution >= 4 is 16.0 Å². The molecule has 0 spiro atoms. The number of hydrogen-bond donors (Lipinski definition) is 0. The van der Waals surface area contributed by atoms with Crippen LogP contribution in [0.25, 0.3) is 0 Å². The Kier molecular flexibility index (Phi) is 7.01. The third-order valence-corrected chi connectivity index (χ3v) is 4.30. The largest absolute Gasteiger partial charge is 0.493 e. The van der Waals surface area contributed by atoms with E-state index in [4.69, 9.17) is 8.92 Å². The van der Waals surface area contributed by atoms with Crippen molar-refractivity contribution in [2.24, 2.45) is 5.92 Å². The first-order valence-corrected chi connectivity index (χ1v) is 10.5. The van der Waals surface area contributed by atoms with Crippen LogP contribution in [0.15, 0.2) is 42.5 Å². The molecule has 152 valence electrons. The van der Waals surface area contributed by atoms with Crippen LogP contribution in [0.3, 0.4) is 0 Å². The molecule has 0 radical (unpaired) electrons. The number of carbonyl (C=O) groups is 1. The fourth-order valence-electron chi connectivity index (χ4n) is 2.73. The Morgan fingerprint density at radius 3 is 2.39 bits per heavy atom. The molecule has 0 aliphatic carbocycles. The first kappa shape index (κ1) is 21.7. The van der Waals surface area contributed by atoms with Gasteiger partial charge in [-0.3, -0.25) is 4.79 Å². The maximum absolute atomic E-state index is 14.1. The molecule has 0 fully saturated rings. The molecular formula is C20H24FNO5S. The van der Waals surface area contributed by atoms with Crippen LogP contribution in [0, 0.1) is 11.7 Å². The Morgan fingerprint density at radius 2 is 1.82 bits per heavy atom. The van der Waals surface area contributed by atoms with Gasteiger partial charge in [0, 0.05) is 13.1 Å². The third-order valence-electron chi connectivity index (χ3n) is 3.82. The normalized spacial score (nSPS) is 11.4. The zero-order valence-electron chi connectivity index (χ0n) is 16.3. The highest BCUT2D eigenvalue weighted by Gasteiger charge is 2.21. The van der Waals surface area contributed by atoms with Crippen molar-refractivity contribution in [3.63, 3.8) is 0 Å². The molecular weight excluding hydrogens is 385 g/mol. The van der Waals surface area contributed by atoms with Crippen molar-refractivity contribution in [3.05, 3.63) is 59.4 Å². The average molecular weight is 409 g/mol. The van der Waals surface area contributed by atoms with Gasteiger partial charge in [-0.15, -0.1) is 0 Å². The number of carbonyl (C=O) groups excluding carboxylic acids is 1. The minimum Gasteiger partial charge on any atom is -0.493 e. The number of ether oxygens (including phenoxy) is 1. The standard InChI is InChI=1S/C20H24FNO5S/c1-14(2)12-22(20(23)16-7-5-6-8-17(16)21)13-15-9-10-18(26-3)19(11-15)27-28(4,24)25/h5-11,14H,12-13H2,1-4H3. The Balaban J connectivity index is 2.35. The van der Waals surface area contributed by atoms with Gasteiger partial charge in [0.25, 0.3) is 5.91 Å². The van der Waals surface area contributed by atoms with Crippen molar-refractivity contribution in [2.45, 2.75) is 20.4 Å². The van der Waals surface area contributed by atoms with E-state index in [1.165, 1.54) is 36.3 Å². The Labute approximate surface area is 165 Å². The molecule has 2 aromatic rings. The van der Waals surface area contributed by atoms with Crippen molar-refractivity contribution in [1.82, 2.24) is 4.90 Å². The summed E-state index contributed by atoms with van der Waals surface area (Å²) in [5.74, 6) is -0.582. The summed E-state index contributed by atoms with van der Waals surface area (Å²) in [7, 11) is -2.35. The maximum atomic E-state index is 14.1. The molecule has 2 aromatic carbocycles. The molecule has 0 atom stereocenters. The third kappa shape index (κ3) is 5.95. The SMILES string of the molecule is COc1ccc(CN(CC(C)C)C(=O)c2ccccc2F)cc1OS(C)(=O)=O. The number of benzene rings is 2. The second-order valence-electron chi connectivity index (χ2n) is 6.83. The number of methoxy groups -OCH3 is 1. The van der Waals surface area contributed by atoms with E-state index in [0.29, 0.717) is 12.1 Å². The van der Waals surface area contributed by atoms with Crippen LogP contribution < -0.4 is 8.92 Å². The summed E-state index contributed by atoms with van der Waals surface area (Å²) in [5.41, 5.74) is 0.620. The van der Waals surface area contributed by atoms with E-state index in [1.807, 2.05) is 13.8 Å². The van der Waals surface area contributed by atoms with Crippen LogP contribution in [0.4, 0.5) is 4.39 Å². The van der Waals surface area contributed by atoms with E-state index in [2.05, 4.69) is 0 Å².